The molecule has 1 aromatic carbocycles. The quantitative estimate of drug-likeness (QED) is 0.515. The van der Waals surface area contributed by atoms with Crippen LogP contribution in [0.15, 0.2) is 29.2 Å². The van der Waals surface area contributed by atoms with Crippen LogP contribution in [0.3, 0.4) is 0 Å². The molecule has 1 aliphatic heterocycles. The number of piperazine rings is 1. The summed E-state index contributed by atoms with van der Waals surface area (Å²) in [4.78, 5) is 36.4. The lowest BCUT2D eigenvalue weighted by molar-refractivity contribution is -0.387. The summed E-state index contributed by atoms with van der Waals surface area (Å²) in [5, 5.41) is 14.0. The van der Waals surface area contributed by atoms with Crippen LogP contribution in [0, 0.1) is 15.5 Å². The van der Waals surface area contributed by atoms with Crippen LogP contribution >= 0.6 is 0 Å². The van der Waals surface area contributed by atoms with Gasteiger partial charge in [-0.25, -0.2) is 8.42 Å². The molecule has 10 nitrogen and oxygen atoms in total. The molecule has 1 heterocycles. The van der Waals surface area contributed by atoms with Crippen LogP contribution in [0.4, 0.5) is 5.69 Å². The van der Waals surface area contributed by atoms with Crippen LogP contribution in [0.25, 0.3) is 0 Å². The summed E-state index contributed by atoms with van der Waals surface area (Å²) in [5.74, 6) is -0.576. The van der Waals surface area contributed by atoms with Crippen molar-refractivity contribution in [1.82, 2.24) is 14.5 Å². The Morgan fingerprint density at radius 3 is 2.39 bits per heavy atom. The van der Waals surface area contributed by atoms with E-state index in [1.165, 1.54) is 29.4 Å². The molecule has 172 valence electrons. The molecule has 11 heteroatoms. The second-order valence-corrected chi connectivity index (χ2v) is 10.9. The average molecular weight is 455 g/mol. The fraction of sp³-hybridized carbons (Fsp3) is 0.600. The highest BCUT2D eigenvalue weighted by Gasteiger charge is 2.40. The lowest BCUT2D eigenvalue weighted by atomic mass is 9.87. The van der Waals surface area contributed by atoms with Crippen molar-refractivity contribution in [3.8, 4) is 0 Å². The van der Waals surface area contributed by atoms with E-state index in [2.05, 4.69) is 5.32 Å². The average Bonchev–Trinajstić information content (AvgIpc) is 2.65. The van der Waals surface area contributed by atoms with Crippen LogP contribution in [0.5, 0.6) is 0 Å². The number of carbonyl (C=O) groups excluding carboxylic acids is 2. The zero-order valence-electron chi connectivity index (χ0n) is 18.5. The largest absolute Gasteiger partial charge is 0.345 e. The van der Waals surface area contributed by atoms with E-state index in [1.54, 1.807) is 11.8 Å². The number of nitrogens with one attached hydrogen (secondary N) is 1. The molecule has 0 unspecified atom stereocenters. The van der Waals surface area contributed by atoms with Crippen LogP contribution < -0.4 is 5.32 Å². The lowest BCUT2D eigenvalue weighted by Crippen LogP contribution is -2.59. The van der Waals surface area contributed by atoms with Crippen LogP contribution in [0.1, 0.15) is 41.0 Å². The molecule has 0 spiro atoms. The van der Waals surface area contributed by atoms with E-state index < -0.39 is 32.7 Å². The highest BCUT2D eigenvalue weighted by atomic mass is 32.2. The van der Waals surface area contributed by atoms with Crippen molar-refractivity contribution < 1.29 is 22.9 Å². The summed E-state index contributed by atoms with van der Waals surface area (Å²) in [6.45, 7) is 9.16. The predicted octanol–water partition coefficient (Wildman–Crippen LogP) is 1.76. The topological polar surface area (TPSA) is 130 Å². The molecule has 2 atom stereocenters. The Labute approximate surface area is 182 Å². The molecule has 2 amide bonds. The van der Waals surface area contributed by atoms with E-state index >= 15 is 0 Å². The van der Waals surface area contributed by atoms with Gasteiger partial charge >= 0.3 is 0 Å². The number of nitrogens with zero attached hydrogens (tertiary/aromatic N) is 3. The van der Waals surface area contributed by atoms with Crippen molar-refractivity contribution in [1.29, 1.82) is 0 Å². The maximum absolute atomic E-state index is 13.1. The van der Waals surface area contributed by atoms with Gasteiger partial charge in [-0.15, -0.1) is 0 Å². The fourth-order valence-electron chi connectivity index (χ4n) is 3.73. The summed E-state index contributed by atoms with van der Waals surface area (Å²) in [7, 11) is -4.12. The minimum Gasteiger partial charge on any atom is -0.345 e. The fourth-order valence-corrected chi connectivity index (χ4v) is 5.50. The molecule has 1 N–H and O–H groups in total. The van der Waals surface area contributed by atoms with Crippen LogP contribution in [-0.4, -0.2) is 66.1 Å². The summed E-state index contributed by atoms with van der Waals surface area (Å²) in [6, 6.07) is 3.93. The van der Waals surface area contributed by atoms with Crippen molar-refractivity contribution in [2.45, 2.75) is 58.0 Å². The second-order valence-electron chi connectivity index (χ2n) is 8.99. The van der Waals surface area contributed by atoms with Crippen molar-refractivity contribution in [2.24, 2.45) is 5.41 Å². The molecule has 1 fully saturated rings. The smallest absolute Gasteiger partial charge is 0.289 e. The SMILES string of the molecule is CC(=O)N[C@@H](CC(C)(C)C)C(=O)N1CCN(S(=O)(=O)c2ccccc2[N+](=O)[O-])[C@@H](C)C1. The molecule has 1 aliphatic rings. The first-order chi connectivity index (χ1) is 14.2. The molecule has 0 aliphatic carbocycles. The number of nitro benzene ring substituents is 1. The van der Waals surface area contributed by atoms with E-state index in [-0.39, 0.29) is 41.8 Å². The van der Waals surface area contributed by atoms with Crippen molar-refractivity contribution >= 4 is 27.5 Å². The van der Waals surface area contributed by atoms with Gasteiger partial charge < -0.3 is 10.2 Å². The van der Waals surface area contributed by atoms with E-state index in [9.17, 15) is 28.1 Å². The second kappa shape index (κ2) is 9.31. The van der Waals surface area contributed by atoms with E-state index in [4.69, 9.17) is 0 Å². The first-order valence-corrected chi connectivity index (χ1v) is 11.5. The Balaban J connectivity index is 2.22. The third kappa shape index (κ3) is 6.01. The standard InChI is InChI=1S/C20H30N4O6S/c1-14-13-22(19(26)16(21-15(2)25)12-20(3,4)5)10-11-23(14)31(29,30)18-9-7-6-8-17(18)24(27)28/h6-9,14,16H,10-13H2,1-5H3,(H,21,25)/t14-,16-/m0/s1. The predicted molar refractivity (Wildman–Crippen MR) is 115 cm³/mol. The third-order valence-electron chi connectivity index (χ3n) is 5.02. The van der Waals surface area contributed by atoms with Crippen LogP contribution in [-0.2, 0) is 19.6 Å². The number of para-hydroxylation sites is 1. The molecule has 0 aromatic heterocycles. The highest BCUT2D eigenvalue weighted by molar-refractivity contribution is 7.89. The normalized spacial score (nSPS) is 19.0. The van der Waals surface area contributed by atoms with Gasteiger partial charge in [0.2, 0.25) is 21.8 Å². The first kappa shape index (κ1) is 24.7. The van der Waals surface area contributed by atoms with Gasteiger partial charge in [0, 0.05) is 38.7 Å². The molecular formula is C20H30N4O6S. The van der Waals surface area contributed by atoms with E-state index in [1.807, 2.05) is 20.8 Å². The van der Waals surface area contributed by atoms with Gasteiger partial charge in [0.1, 0.15) is 6.04 Å². The molecule has 0 bridgehead atoms. The molecule has 0 saturated carbocycles. The minimum absolute atomic E-state index is 0.00357. The summed E-state index contributed by atoms with van der Waals surface area (Å²) in [6.07, 6.45) is 0.439. The van der Waals surface area contributed by atoms with Crippen molar-refractivity contribution in [3.63, 3.8) is 0 Å². The first-order valence-electron chi connectivity index (χ1n) is 10.0. The molecule has 1 aromatic rings. The molecule has 0 radical (unpaired) electrons. The highest BCUT2D eigenvalue weighted by Crippen LogP contribution is 2.29. The van der Waals surface area contributed by atoms with Gasteiger partial charge in [-0.2, -0.15) is 4.31 Å². The van der Waals surface area contributed by atoms with Gasteiger partial charge in [-0.3, -0.25) is 19.7 Å². The van der Waals surface area contributed by atoms with Gasteiger partial charge in [0.15, 0.2) is 4.90 Å². The summed E-state index contributed by atoms with van der Waals surface area (Å²) in [5.41, 5.74) is -0.685. The van der Waals surface area contributed by atoms with Gasteiger partial charge in [-0.1, -0.05) is 32.9 Å². The van der Waals surface area contributed by atoms with Crippen molar-refractivity contribution in [2.75, 3.05) is 19.6 Å². The number of benzene rings is 1. The Hall–Kier alpha value is -2.53. The van der Waals surface area contributed by atoms with Crippen LogP contribution in [0.2, 0.25) is 0 Å². The number of hydrogen-bond acceptors (Lipinski definition) is 6. The number of amides is 2. The molecule has 31 heavy (non-hydrogen) atoms. The number of hydrogen-bond donors (Lipinski definition) is 1. The Bertz CT molecular complexity index is 957. The summed E-state index contributed by atoms with van der Waals surface area (Å²) < 4.78 is 27.4. The molecule has 1 saturated heterocycles. The Morgan fingerprint density at radius 2 is 1.87 bits per heavy atom. The zero-order chi connectivity index (χ0) is 23.6. The van der Waals surface area contributed by atoms with Gasteiger partial charge in [0.25, 0.3) is 5.69 Å². The Kier molecular flexibility index (Phi) is 7.43. The number of rotatable bonds is 6. The number of nitro groups is 1. The number of sulfonamides is 1. The number of carbonyl (C=O) groups is 2. The zero-order valence-corrected chi connectivity index (χ0v) is 19.3. The lowest BCUT2D eigenvalue weighted by Gasteiger charge is -2.40. The van der Waals surface area contributed by atoms with Gasteiger partial charge in [0.05, 0.1) is 4.92 Å². The Morgan fingerprint density at radius 1 is 1.26 bits per heavy atom. The summed E-state index contributed by atoms with van der Waals surface area (Å²) >= 11 is 0. The van der Waals surface area contributed by atoms with Gasteiger partial charge in [-0.05, 0) is 24.8 Å². The monoisotopic (exact) mass is 454 g/mol. The maximum Gasteiger partial charge on any atom is 0.289 e. The van der Waals surface area contributed by atoms with E-state index in [0.717, 1.165) is 6.07 Å². The van der Waals surface area contributed by atoms with Crippen molar-refractivity contribution in [3.05, 3.63) is 34.4 Å². The maximum atomic E-state index is 13.1. The molecular weight excluding hydrogens is 424 g/mol. The minimum atomic E-state index is -4.12. The third-order valence-corrected chi connectivity index (χ3v) is 7.08. The molecule has 2 rings (SSSR count). The van der Waals surface area contributed by atoms with E-state index in [0.29, 0.717) is 6.42 Å².